The SMILES string of the molecule is COCCN1CCN(c2cc(C(=O)OC)nc(-c3ccccc3)n2)CC1. The van der Waals surface area contributed by atoms with Crippen molar-refractivity contribution in [1.82, 2.24) is 14.9 Å². The molecule has 0 atom stereocenters. The Labute approximate surface area is 153 Å². The molecular weight excluding hydrogens is 332 g/mol. The number of carbonyl (C=O) groups is 1. The highest BCUT2D eigenvalue weighted by Crippen LogP contribution is 2.21. The lowest BCUT2D eigenvalue weighted by atomic mass is 10.2. The van der Waals surface area contributed by atoms with Crippen LogP contribution in [0.3, 0.4) is 0 Å². The summed E-state index contributed by atoms with van der Waals surface area (Å²) in [6, 6.07) is 11.4. The Hall–Kier alpha value is -2.51. The van der Waals surface area contributed by atoms with Gasteiger partial charge in [0, 0.05) is 51.5 Å². The van der Waals surface area contributed by atoms with E-state index in [0.29, 0.717) is 5.82 Å². The largest absolute Gasteiger partial charge is 0.464 e. The first-order chi connectivity index (χ1) is 12.7. The Morgan fingerprint density at radius 2 is 1.81 bits per heavy atom. The molecule has 1 saturated heterocycles. The Morgan fingerprint density at radius 3 is 2.46 bits per heavy atom. The van der Waals surface area contributed by atoms with Crippen LogP contribution < -0.4 is 4.90 Å². The summed E-state index contributed by atoms with van der Waals surface area (Å²) in [5, 5.41) is 0. The first kappa shape index (κ1) is 18.3. The summed E-state index contributed by atoms with van der Waals surface area (Å²) < 4.78 is 10.0. The van der Waals surface area contributed by atoms with Crippen molar-refractivity contribution in [1.29, 1.82) is 0 Å². The van der Waals surface area contributed by atoms with Crippen LogP contribution in [0, 0.1) is 0 Å². The lowest BCUT2D eigenvalue weighted by Gasteiger charge is -2.35. The number of aromatic nitrogens is 2. The van der Waals surface area contributed by atoms with Gasteiger partial charge in [0.1, 0.15) is 5.82 Å². The number of piperazine rings is 1. The summed E-state index contributed by atoms with van der Waals surface area (Å²) in [4.78, 5) is 25.7. The van der Waals surface area contributed by atoms with Gasteiger partial charge in [0.2, 0.25) is 0 Å². The van der Waals surface area contributed by atoms with Crippen LogP contribution in [0.1, 0.15) is 10.5 Å². The van der Waals surface area contributed by atoms with Gasteiger partial charge in [0.05, 0.1) is 13.7 Å². The highest BCUT2D eigenvalue weighted by Gasteiger charge is 2.21. The maximum absolute atomic E-state index is 12.0. The first-order valence-corrected chi connectivity index (χ1v) is 8.70. The van der Waals surface area contributed by atoms with Gasteiger partial charge >= 0.3 is 5.97 Å². The van der Waals surface area contributed by atoms with Gasteiger partial charge in [-0.15, -0.1) is 0 Å². The number of hydrogen-bond donors (Lipinski definition) is 0. The van der Waals surface area contributed by atoms with Crippen molar-refractivity contribution in [2.75, 3.05) is 58.5 Å². The van der Waals surface area contributed by atoms with E-state index in [1.807, 2.05) is 30.3 Å². The van der Waals surface area contributed by atoms with Crippen LogP contribution >= 0.6 is 0 Å². The normalized spacial score (nSPS) is 15.1. The van der Waals surface area contributed by atoms with Crippen molar-refractivity contribution >= 4 is 11.8 Å². The molecule has 1 aliphatic rings. The number of esters is 1. The van der Waals surface area contributed by atoms with Gasteiger partial charge in [-0.25, -0.2) is 14.8 Å². The third kappa shape index (κ3) is 4.36. The molecule has 1 aromatic carbocycles. The van der Waals surface area contributed by atoms with E-state index in [9.17, 15) is 4.79 Å². The predicted octanol–water partition coefficient (Wildman–Crippen LogP) is 1.70. The molecule has 7 nitrogen and oxygen atoms in total. The maximum atomic E-state index is 12.0. The van der Waals surface area contributed by atoms with E-state index in [2.05, 4.69) is 14.8 Å². The third-order valence-corrected chi connectivity index (χ3v) is 4.45. The van der Waals surface area contributed by atoms with Gasteiger partial charge in [0.25, 0.3) is 0 Å². The van der Waals surface area contributed by atoms with E-state index >= 15 is 0 Å². The number of anilines is 1. The highest BCUT2D eigenvalue weighted by molar-refractivity contribution is 5.88. The second-order valence-corrected chi connectivity index (χ2v) is 6.11. The zero-order chi connectivity index (χ0) is 18.4. The molecule has 0 N–H and O–H groups in total. The van der Waals surface area contributed by atoms with Gasteiger partial charge in [-0.2, -0.15) is 0 Å². The summed E-state index contributed by atoms with van der Waals surface area (Å²) in [7, 11) is 3.08. The second kappa shape index (κ2) is 8.73. The van der Waals surface area contributed by atoms with E-state index in [0.717, 1.165) is 50.7 Å². The van der Waals surface area contributed by atoms with Crippen molar-refractivity contribution in [3.63, 3.8) is 0 Å². The van der Waals surface area contributed by atoms with Gasteiger partial charge in [-0.1, -0.05) is 30.3 Å². The molecule has 0 radical (unpaired) electrons. The minimum Gasteiger partial charge on any atom is -0.464 e. The fraction of sp³-hybridized carbons (Fsp3) is 0.421. The van der Waals surface area contributed by atoms with E-state index < -0.39 is 5.97 Å². The average molecular weight is 356 g/mol. The Kier molecular flexibility index (Phi) is 6.14. The van der Waals surface area contributed by atoms with E-state index in [-0.39, 0.29) is 5.69 Å². The number of hydrogen-bond acceptors (Lipinski definition) is 7. The fourth-order valence-corrected chi connectivity index (χ4v) is 2.94. The molecule has 7 heteroatoms. The lowest BCUT2D eigenvalue weighted by molar-refractivity contribution is 0.0594. The Bertz CT molecular complexity index is 731. The number of benzene rings is 1. The second-order valence-electron chi connectivity index (χ2n) is 6.11. The molecule has 0 unspecified atom stereocenters. The number of rotatable bonds is 6. The molecule has 2 aromatic rings. The molecule has 0 aliphatic carbocycles. The topological polar surface area (TPSA) is 67.8 Å². The van der Waals surface area contributed by atoms with Crippen molar-refractivity contribution in [3.05, 3.63) is 42.1 Å². The van der Waals surface area contributed by atoms with E-state index in [4.69, 9.17) is 14.5 Å². The van der Waals surface area contributed by atoms with Gasteiger partial charge in [-0.3, -0.25) is 4.90 Å². The minimum atomic E-state index is -0.454. The first-order valence-electron chi connectivity index (χ1n) is 8.70. The smallest absolute Gasteiger partial charge is 0.356 e. The number of ether oxygens (including phenoxy) is 2. The fourth-order valence-electron chi connectivity index (χ4n) is 2.94. The lowest BCUT2D eigenvalue weighted by Crippen LogP contribution is -2.47. The Morgan fingerprint density at radius 1 is 1.08 bits per heavy atom. The molecule has 0 bridgehead atoms. The number of methoxy groups -OCH3 is 2. The number of carbonyl (C=O) groups excluding carboxylic acids is 1. The van der Waals surface area contributed by atoms with E-state index in [1.54, 1.807) is 13.2 Å². The van der Waals surface area contributed by atoms with Crippen LogP contribution in [0.15, 0.2) is 36.4 Å². The monoisotopic (exact) mass is 356 g/mol. The molecule has 0 saturated carbocycles. The molecule has 1 fully saturated rings. The summed E-state index contributed by atoms with van der Waals surface area (Å²) in [5.41, 5.74) is 1.15. The summed E-state index contributed by atoms with van der Waals surface area (Å²) in [6.07, 6.45) is 0. The van der Waals surface area contributed by atoms with Gasteiger partial charge < -0.3 is 14.4 Å². The predicted molar refractivity (Wildman–Crippen MR) is 99.3 cm³/mol. The average Bonchev–Trinajstić information content (AvgIpc) is 2.72. The zero-order valence-corrected chi connectivity index (χ0v) is 15.2. The summed E-state index contributed by atoms with van der Waals surface area (Å²) in [5.74, 6) is 0.834. The third-order valence-electron chi connectivity index (χ3n) is 4.45. The number of nitrogens with zero attached hydrogens (tertiary/aromatic N) is 4. The van der Waals surface area contributed by atoms with Crippen LogP contribution in [0.25, 0.3) is 11.4 Å². The zero-order valence-electron chi connectivity index (χ0n) is 15.2. The van der Waals surface area contributed by atoms with Crippen LogP contribution in [-0.4, -0.2) is 74.4 Å². The molecule has 138 valence electrons. The summed E-state index contributed by atoms with van der Waals surface area (Å²) in [6.45, 7) is 5.21. The minimum absolute atomic E-state index is 0.276. The van der Waals surface area contributed by atoms with Gasteiger partial charge in [-0.05, 0) is 0 Å². The van der Waals surface area contributed by atoms with E-state index in [1.165, 1.54) is 7.11 Å². The standard InChI is InChI=1S/C19H24N4O3/c1-25-13-12-22-8-10-23(11-9-22)17-14-16(19(24)26-2)20-18(21-17)15-6-4-3-5-7-15/h3-7,14H,8-13H2,1-2H3. The van der Waals surface area contributed by atoms with Crippen molar-refractivity contribution in [3.8, 4) is 11.4 Å². The van der Waals surface area contributed by atoms with Crippen molar-refractivity contribution in [2.24, 2.45) is 0 Å². The molecule has 1 aromatic heterocycles. The van der Waals surface area contributed by atoms with Crippen LogP contribution in [0.5, 0.6) is 0 Å². The van der Waals surface area contributed by atoms with Gasteiger partial charge in [0.15, 0.2) is 11.5 Å². The van der Waals surface area contributed by atoms with Crippen LogP contribution in [-0.2, 0) is 9.47 Å². The quantitative estimate of drug-likeness (QED) is 0.730. The van der Waals surface area contributed by atoms with Crippen LogP contribution in [0.4, 0.5) is 5.82 Å². The molecule has 1 aliphatic heterocycles. The Balaban J connectivity index is 1.84. The highest BCUT2D eigenvalue weighted by atomic mass is 16.5. The van der Waals surface area contributed by atoms with Crippen molar-refractivity contribution in [2.45, 2.75) is 0 Å². The molecule has 2 heterocycles. The molecule has 26 heavy (non-hydrogen) atoms. The molecule has 3 rings (SSSR count). The maximum Gasteiger partial charge on any atom is 0.356 e. The molecular formula is C19H24N4O3. The molecule has 0 amide bonds. The molecule has 0 spiro atoms. The van der Waals surface area contributed by atoms with Crippen molar-refractivity contribution < 1.29 is 14.3 Å². The van der Waals surface area contributed by atoms with Crippen LogP contribution in [0.2, 0.25) is 0 Å². The summed E-state index contributed by atoms with van der Waals surface area (Å²) >= 11 is 0.